The van der Waals surface area contributed by atoms with Crippen LogP contribution in [0.5, 0.6) is 0 Å². The zero-order chi connectivity index (χ0) is 14.2. The van der Waals surface area contributed by atoms with Crippen molar-refractivity contribution in [2.24, 2.45) is 5.92 Å². The van der Waals surface area contributed by atoms with Crippen LogP contribution in [0.15, 0.2) is 12.1 Å². The van der Waals surface area contributed by atoms with Gasteiger partial charge in [-0.1, -0.05) is 0 Å². The van der Waals surface area contributed by atoms with E-state index < -0.39 is 11.4 Å². The van der Waals surface area contributed by atoms with Gasteiger partial charge in [-0.25, -0.2) is 4.39 Å². The first-order chi connectivity index (χ1) is 8.79. The van der Waals surface area contributed by atoms with Crippen molar-refractivity contribution in [2.75, 3.05) is 0 Å². The van der Waals surface area contributed by atoms with Gasteiger partial charge in [-0.2, -0.15) is 0 Å². The van der Waals surface area contributed by atoms with Crippen LogP contribution in [0.25, 0.3) is 0 Å². The Labute approximate surface area is 117 Å². The molecule has 0 aromatic carbocycles. The minimum Gasteiger partial charge on any atom is -0.598 e. The molecule has 1 N–H and O–H groups in total. The second-order valence-corrected chi connectivity index (χ2v) is 8.12. The van der Waals surface area contributed by atoms with Gasteiger partial charge < -0.3 is 4.55 Å². The smallest absolute Gasteiger partial charge is 0.144 e. The summed E-state index contributed by atoms with van der Waals surface area (Å²) in [6.45, 7) is 7.46. The average molecular weight is 284 g/mol. The lowest BCUT2D eigenvalue weighted by Crippen LogP contribution is -2.42. The summed E-state index contributed by atoms with van der Waals surface area (Å²) in [5.74, 6) is 0.166. The van der Waals surface area contributed by atoms with Gasteiger partial charge >= 0.3 is 0 Å². The molecule has 5 heteroatoms. The van der Waals surface area contributed by atoms with Crippen molar-refractivity contribution < 1.29 is 8.94 Å². The van der Waals surface area contributed by atoms with Crippen LogP contribution in [0.3, 0.4) is 0 Å². The molecule has 3 nitrogen and oxygen atoms in total. The highest BCUT2D eigenvalue weighted by Crippen LogP contribution is 2.41. The summed E-state index contributed by atoms with van der Waals surface area (Å²) in [4.78, 5) is 4.30. The summed E-state index contributed by atoms with van der Waals surface area (Å²) < 4.78 is 28.4. The topological polar surface area (TPSA) is 48.0 Å². The van der Waals surface area contributed by atoms with Gasteiger partial charge in [-0.3, -0.25) is 4.98 Å². The van der Waals surface area contributed by atoms with E-state index >= 15 is 0 Å². The van der Waals surface area contributed by atoms with Gasteiger partial charge in [0, 0.05) is 11.4 Å². The number of aryl methyl sites for hydroxylation is 1. The summed E-state index contributed by atoms with van der Waals surface area (Å²) >= 11 is -1.14. The molecule has 1 aromatic rings. The normalized spacial score (nSPS) is 19.3. The maximum Gasteiger partial charge on any atom is 0.144 e. The number of nitrogens with one attached hydrogen (secondary N) is 1. The molecule has 2 atom stereocenters. The van der Waals surface area contributed by atoms with E-state index in [-0.39, 0.29) is 16.6 Å². The van der Waals surface area contributed by atoms with E-state index in [4.69, 9.17) is 0 Å². The molecule has 0 bridgehead atoms. The molecule has 1 unspecified atom stereocenters. The van der Waals surface area contributed by atoms with E-state index in [1.807, 2.05) is 20.8 Å². The highest BCUT2D eigenvalue weighted by atomic mass is 32.2. The summed E-state index contributed by atoms with van der Waals surface area (Å²) in [6, 6.07) is 3.09. The molecule has 0 amide bonds. The second-order valence-electron chi connectivity index (χ2n) is 6.12. The third-order valence-corrected chi connectivity index (χ3v) is 4.83. The lowest BCUT2D eigenvalue weighted by Gasteiger charge is -2.27. The Kier molecular flexibility index (Phi) is 4.18. The van der Waals surface area contributed by atoms with Crippen LogP contribution >= 0.6 is 0 Å². The van der Waals surface area contributed by atoms with Crippen LogP contribution in [-0.4, -0.2) is 14.3 Å². The van der Waals surface area contributed by atoms with Crippen LogP contribution in [0.1, 0.15) is 51.0 Å². The fourth-order valence-electron chi connectivity index (χ4n) is 1.86. The van der Waals surface area contributed by atoms with Crippen molar-refractivity contribution >= 4 is 11.4 Å². The highest BCUT2D eigenvalue weighted by Gasteiger charge is 2.39. The molecular formula is C14H21FN2OS. The van der Waals surface area contributed by atoms with Gasteiger partial charge in [-0.05, 0) is 58.6 Å². The van der Waals surface area contributed by atoms with Crippen molar-refractivity contribution in [2.45, 2.75) is 51.3 Å². The van der Waals surface area contributed by atoms with Crippen LogP contribution < -0.4 is 4.72 Å². The largest absolute Gasteiger partial charge is 0.598 e. The first-order valence-corrected chi connectivity index (χ1v) is 7.75. The van der Waals surface area contributed by atoms with Gasteiger partial charge in [0.25, 0.3) is 0 Å². The molecule has 0 saturated heterocycles. The van der Waals surface area contributed by atoms with Crippen molar-refractivity contribution in [3.8, 4) is 0 Å². The zero-order valence-electron chi connectivity index (χ0n) is 11.9. The van der Waals surface area contributed by atoms with Gasteiger partial charge in [0.1, 0.15) is 10.6 Å². The Morgan fingerprint density at radius 3 is 2.53 bits per heavy atom. The van der Waals surface area contributed by atoms with Crippen LogP contribution in [0, 0.1) is 18.7 Å². The first kappa shape index (κ1) is 14.8. The molecule has 1 aliphatic rings. The molecule has 0 radical (unpaired) electrons. The Morgan fingerprint density at radius 1 is 1.42 bits per heavy atom. The highest BCUT2D eigenvalue weighted by molar-refractivity contribution is 7.90. The number of pyridine rings is 1. The molecule has 1 saturated carbocycles. The lowest BCUT2D eigenvalue weighted by atomic mass is 10.1. The molecular weight excluding hydrogens is 263 g/mol. The molecule has 106 valence electrons. The lowest BCUT2D eigenvalue weighted by molar-refractivity contribution is 0.495. The van der Waals surface area contributed by atoms with Gasteiger partial charge in [-0.15, -0.1) is 4.72 Å². The Balaban J connectivity index is 2.18. The first-order valence-electron chi connectivity index (χ1n) is 6.60. The molecule has 1 aromatic heterocycles. The minimum absolute atomic E-state index is 0.0423. The molecule has 0 aliphatic heterocycles. The summed E-state index contributed by atoms with van der Waals surface area (Å²) in [7, 11) is 0. The molecule has 2 rings (SSSR count). The number of aromatic nitrogens is 1. The zero-order valence-corrected chi connectivity index (χ0v) is 12.7. The molecule has 0 spiro atoms. The number of hydrogen-bond acceptors (Lipinski definition) is 3. The molecule has 1 heterocycles. The van der Waals surface area contributed by atoms with Crippen LogP contribution in [-0.2, 0) is 11.4 Å². The predicted octanol–water partition coefficient (Wildman–Crippen LogP) is 3.03. The van der Waals surface area contributed by atoms with E-state index in [9.17, 15) is 8.94 Å². The van der Waals surface area contributed by atoms with Crippen molar-refractivity contribution in [3.05, 3.63) is 29.3 Å². The van der Waals surface area contributed by atoms with E-state index in [1.54, 1.807) is 13.0 Å². The Hall–Kier alpha value is -0.650. The Morgan fingerprint density at radius 2 is 2.05 bits per heavy atom. The number of rotatable bonds is 4. The average Bonchev–Trinajstić information content (AvgIpc) is 3.12. The minimum atomic E-state index is -1.14. The fraction of sp³-hybridized carbons (Fsp3) is 0.643. The van der Waals surface area contributed by atoms with E-state index in [0.717, 1.165) is 18.5 Å². The Bertz CT molecular complexity index is 457. The van der Waals surface area contributed by atoms with Gasteiger partial charge in [0.15, 0.2) is 0 Å². The number of halogens is 1. The van der Waals surface area contributed by atoms with E-state index in [0.29, 0.717) is 11.6 Å². The fourth-order valence-corrected chi connectivity index (χ4v) is 2.75. The van der Waals surface area contributed by atoms with Crippen LogP contribution in [0.2, 0.25) is 0 Å². The van der Waals surface area contributed by atoms with E-state index in [2.05, 4.69) is 9.71 Å². The summed E-state index contributed by atoms with van der Waals surface area (Å²) in [5, 5.41) is 0. The van der Waals surface area contributed by atoms with Crippen LogP contribution in [0.4, 0.5) is 4.39 Å². The maximum absolute atomic E-state index is 13.3. The third-order valence-electron chi connectivity index (χ3n) is 3.25. The quantitative estimate of drug-likeness (QED) is 0.865. The summed E-state index contributed by atoms with van der Waals surface area (Å²) in [5.41, 5.74) is 1.19. The summed E-state index contributed by atoms with van der Waals surface area (Å²) in [6.07, 6.45) is 2.22. The molecule has 19 heavy (non-hydrogen) atoms. The van der Waals surface area contributed by atoms with Crippen molar-refractivity contribution in [1.82, 2.24) is 9.71 Å². The van der Waals surface area contributed by atoms with Gasteiger partial charge in [0.2, 0.25) is 0 Å². The maximum atomic E-state index is 13.3. The molecule has 1 aliphatic carbocycles. The van der Waals surface area contributed by atoms with Crippen molar-refractivity contribution in [1.29, 1.82) is 0 Å². The monoisotopic (exact) mass is 284 g/mol. The second kappa shape index (κ2) is 5.38. The third kappa shape index (κ3) is 3.68. The predicted molar refractivity (Wildman–Crippen MR) is 75.4 cm³/mol. The van der Waals surface area contributed by atoms with Gasteiger partial charge in [0.05, 0.1) is 17.4 Å². The van der Waals surface area contributed by atoms with Crippen molar-refractivity contribution in [3.63, 3.8) is 0 Å². The SMILES string of the molecule is Cc1nc([C@@H](N[S+]([O-])C(C)(C)C)C2CC2)ccc1F. The standard InChI is InChI=1S/C14H21FN2OS/c1-9-11(15)7-8-12(16-9)13(10-5-6-10)17-19(18)14(2,3)4/h7-8,10,13,17H,5-6H2,1-4H3/t13-,19?/m0/s1. The number of hydrogen-bond donors (Lipinski definition) is 1. The molecule has 1 fully saturated rings. The van der Waals surface area contributed by atoms with E-state index in [1.165, 1.54) is 6.07 Å². The number of nitrogens with zero attached hydrogens (tertiary/aromatic N) is 1.